The molecule has 2 heterocycles. The van der Waals surface area contributed by atoms with E-state index in [0.29, 0.717) is 34.8 Å². The quantitative estimate of drug-likeness (QED) is 0.249. The number of aliphatic imine (C=N–C) groups is 1. The van der Waals surface area contributed by atoms with Crippen LogP contribution >= 0.6 is 11.8 Å². The largest absolute Gasteiger partial charge is 0.493 e. The average molecular weight is 491 g/mol. The van der Waals surface area contributed by atoms with Crippen molar-refractivity contribution in [1.82, 2.24) is 19.7 Å². The number of aryl methyl sites for hydroxylation is 2. The van der Waals surface area contributed by atoms with E-state index in [1.54, 1.807) is 11.7 Å². The van der Waals surface area contributed by atoms with Crippen LogP contribution in [0.2, 0.25) is 0 Å². The van der Waals surface area contributed by atoms with Crippen molar-refractivity contribution < 1.29 is 4.74 Å². The summed E-state index contributed by atoms with van der Waals surface area (Å²) in [6, 6.07) is 15.6. The third kappa shape index (κ3) is 5.57. The highest BCUT2D eigenvalue weighted by atomic mass is 32.2. The number of para-hydroxylation sites is 1. The van der Waals surface area contributed by atoms with Gasteiger partial charge in [-0.1, -0.05) is 50.2 Å². The highest BCUT2D eigenvalue weighted by molar-refractivity contribution is 8.13. The van der Waals surface area contributed by atoms with Crippen molar-refractivity contribution in [3.63, 3.8) is 0 Å². The number of nitrogens with zero attached hydrogens (tertiary/aromatic N) is 4. The Morgan fingerprint density at radius 1 is 1.17 bits per heavy atom. The maximum Gasteiger partial charge on any atom is 0.277 e. The normalized spacial score (nSPS) is 11.7. The SMILES string of the molecule is CCCOc1ccc(NC(=Nc2ccccc2)SC)cc1-c1nc2c(CCC)nn(C)c2c(=O)[nH]1. The minimum absolute atomic E-state index is 0.224. The molecule has 0 unspecified atom stereocenters. The van der Waals surface area contributed by atoms with Crippen LogP contribution in [0.1, 0.15) is 32.4 Å². The zero-order valence-corrected chi connectivity index (χ0v) is 21.3. The molecule has 0 aliphatic heterocycles. The Hall–Kier alpha value is -3.59. The number of hydrogen-bond acceptors (Lipinski definition) is 6. The van der Waals surface area contributed by atoms with Gasteiger partial charge in [-0.3, -0.25) is 9.48 Å². The van der Waals surface area contributed by atoms with Crippen LogP contribution in [-0.4, -0.2) is 37.8 Å². The molecule has 0 saturated carbocycles. The highest BCUT2D eigenvalue weighted by Gasteiger charge is 2.18. The number of aromatic nitrogens is 4. The molecule has 0 radical (unpaired) electrons. The van der Waals surface area contributed by atoms with E-state index in [1.165, 1.54) is 11.8 Å². The van der Waals surface area contributed by atoms with Crippen LogP contribution in [0, 0.1) is 0 Å². The van der Waals surface area contributed by atoms with Crippen molar-refractivity contribution in [2.75, 3.05) is 18.2 Å². The zero-order chi connectivity index (χ0) is 24.8. The van der Waals surface area contributed by atoms with Gasteiger partial charge in [-0.25, -0.2) is 9.98 Å². The lowest BCUT2D eigenvalue weighted by molar-refractivity contribution is 0.318. The molecule has 0 fully saturated rings. The van der Waals surface area contributed by atoms with Crippen LogP contribution in [-0.2, 0) is 13.5 Å². The van der Waals surface area contributed by atoms with E-state index in [0.717, 1.165) is 41.5 Å². The summed E-state index contributed by atoms with van der Waals surface area (Å²) in [7, 11) is 1.77. The van der Waals surface area contributed by atoms with Gasteiger partial charge in [-0.15, -0.1) is 0 Å². The van der Waals surface area contributed by atoms with Gasteiger partial charge in [0.05, 0.1) is 23.6 Å². The highest BCUT2D eigenvalue weighted by Crippen LogP contribution is 2.32. The number of amidine groups is 1. The first-order valence-corrected chi connectivity index (χ1v) is 12.9. The predicted molar refractivity (Wildman–Crippen MR) is 145 cm³/mol. The summed E-state index contributed by atoms with van der Waals surface area (Å²) in [6.07, 6.45) is 4.50. The summed E-state index contributed by atoms with van der Waals surface area (Å²) in [5.41, 5.74) is 4.08. The molecule has 0 spiro atoms. The summed E-state index contributed by atoms with van der Waals surface area (Å²) in [5.74, 6) is 1.11. The van der Waals surface area contributed by atoms with E-state index in [1.807, 2.05) is 54.8 Å². The van der Waals surface area contributed by atoms with Gasteiger partial charge < -0.3 is 15.0 Å². The molecule has 2 aromatic heterocycles. The standard InChI is InChI=1S/C26H30N6O2S/c1-5-10-20-22-23(32(3)31-20)25(33)30-24(29-22)19-16-18(13-14-21(19)34-15-6-2)28-26(35-4)27-17-11-8-7-9-12-17/h7-9,11-14,16H,5-6,10,15H2,1-4H3,(H,27,28)(H,29,30,33). The minimum Gasteiger partial charge on any atom is -0.493 e. The van der Waals surface area contributed by atoms with Crippen LogP contribution in [0.25, 0.3) is 22.4 Å². The number of ether oxygens (including phenoxy) is 1. The lowest BCUT2D eigenvalue weighted by Gasteiger charge is -2.14. The van der Waals surface area contributed by atoms with Crippen molar-refractivity contribution in [3.8, 4) is 17.1 Å². The van der Waals surface area contributed by atoms with Gasteiger partial charge in [0.15, 0.2) is 10.7 Å². The van der Waals surface area contributed by atoms with Crippen LogP contribution < -0.4 is 15.6 Å². The Kier molecular flexibility index (Phi) is 7.87. The predicted octanol–water partition coefficient (Wildman–Crippen LogP) is 5.53. The van der Waals surface area contributed by atoms with Crippen LogP contribution in [0.3, 0.4) is 0 Å². The second kappa shape index (κ2) is 11.2. The monoisotopic (exact) mass is 490 g/mol. The van der Waals surface area contributed by atoms with Crippen LogP contribution in [0.5, 0.6) is 5.75 Å². The maximum absolute atomic E-state index is 13.0. The molecular formula is C26H30N6O2S. The number of hydrogen-bond donors (Lipinski definition) is 2. The Bertz CT molecular complexity index is 1390. The molecule has 0 saturated heterocycles. The van der Waals surface area contributed by atoms with Gasteiger partial charge >= 0.3 is 0 Å². The maximum atomic E-state index is 13.0. The lowest BCUT2D eigenvalue weighted by Crippen LogP contribution is -2.13. The number of thioether (sulfide) groups is 1. The van der Waals surface area contributed by atoms with E-state index in [-0.39, 0.29) is 5.56 Å². The molecular weight excluding hydrogens is 460 g/mol. The third-order valence-electron chi connectivity index (χ3n) is 5.38. The Labute approximate surface area is 208 Å². The summed E-state index contributed by atoms with van der Waals surface area (Å²) >= 11 is 1.52. The molecule has 0 amide bonds. The zero-order valence-electron chi connectivity index (χ0n) is 20.5. The first-order chi connectivity index (χ1) is 17.0. The molecule has 0 bridgehead atoms. The second-order valence-corrected chi connectivity index (χ2v) is 8.87. The van der Waals surface area contributed by atoms with E-state index in [4.69, 9.17) is 9.72 Å². The van der Waals surface area contributed by atoms with Crippen molar-refractivity contribution in [1.29, 1.82) is 0 Å². The van der Waals surface area contributed by atoms with Crippen LogP contribution in [0.15, 0.2) is 58.3 Å². The number of rotatable bonds is 8. The summed E-state index contributed by atoms with van der Waals surface area (Å²) in [5, 5.41) is 8.66. The fourth-order valence-corrected chi connectivity index (χ4v) is 4.19. The van der Waals surface area contributed by atoms with E-state index < -0.39 is 0 Å². The van der Waals surface area contributed by atoms with Crippen LogP contribution in [0.4, 0.5) is 11.4 Å². The first-order valence-electron chi connectivity index (χ1n) is 11.7. The summed E-state index contributed by atoms with van der Waals surface area (Å²) < 4.78 is 7.62. The van der Waals surface area contributed by atoms with Gasteiger partial charge in [0, 0.05) is 12.7 Å². The molecule has 2 N–H and O–H groups in total. The van der Waals surface area contributed by atoms with Crippen molar-refractivity contribution in [3.05, 3.63) is 64.6 Å². The fourth-order valence-electron chi connectivity index (χ4n) is 3.78. The Morgan fingerprint density at radius 3 is 2.69 bits per heavy atom. The molecule has 2 aromatic carbocycles. The van der Waals surface area contributed by atoms with Gasteiger partial charge in [0.1, 0.15) is 17.1 Å². The van der Waals surface area contributed by atoms with Crippen molar-refractivity contribution in [2.24, 2.45) is 12.0 Å². The Morgan fingerprint density at radius 2 is 1.97 bits per heavy atom. The molecule has 0 aliphatic rings. The van der Waals surface area contributed by atoms with Gasteiger partial charge in [0.2, 0.25) is 0 Å². The van der Waals surface area contributed by atoms with Gasteiger partial charge in [-0.05, 0) is 49.4 Å². The van der Waals surface area contributed by atoms with E-state index in [9.17, 15) is 4.79 Å². The molecule has 4 rings (SSSR count). The molecule has 0 aliphatic carbocycles. The topological polar surface area (TPSA) is 97.2 Å². The van der Waals surface area contributed by atoms with Gasteiger partial charge in [-0.2, -0.15) is 5.10 Å². The molecule has 182 valence electrons. The van der Waals surface area contributed by atoms with Gasteiger partial charge in [0.25, 0.3) is 5.56 Å². The first kappa shape index (κ1) is 24.5. The number of fused-ring (bicyclic) bond motifs is 1. The van der Waals surface area contributed by atoms with Crippen molar-refractivity contribution >= 4 is 39.3 Å². The number of anilines is 1. The molecule has 4 aromatic rings. The molecule has 35 heavy (non-hydrogen) atoms. The molecule has 8 nitrogen and oxygen atoms in total. The van der Waals surface area contributed by atoms with E-state index in [2.05, 4.69) is 34.2 Å². The Balaban J connectivity index is 1.79. The second-order valence-electron chi connectivity index (χ2n) is 8.07. The molecule has 0 atom stereocenters. The molecule has 9 heteroatoms. The van der Waals surface area contributed by atoms with E-state index >= 15 is 0 Å². The number of aromatic amines is 1. The summed E-state index contributed by atoms with van der Waals surface area (Å²) in [4.78, 5) is 25.5. The number of nitrogens with one attached hydrogen (secondary N) is 2. The summed E-state index contributed by atoms with van der Waals surface area (Å²) in [6.45, 7) is 4.70. The lowest BCUT2D eigenvalue weighted by atomic mass is 10.1. The number of benzene rings is 2. The minimum atomic E-state index is -0.224. The van der Waals surface area contributed by atoms with Crippen molar-refractivity contribution in [2.45, 2.75) is 33.1 Å². The number of H-pyrrole nitrogens is 1. The third-order valence-corrected chi connectivity index (χ3v) is 5.96. The fraction of sp³-hybridized carbons (Fsp3) is 0.308. The smallest absolute Gasteiger partial charge is 0.277 e. The average Bonchev–Trinajstić information content (AvgIpc) is 3.19.